The van der Waals surface area contributed by atoms with E-state index in [0.29, 0.717) is 6.04 Å². The Morgan fingerprint density at radius 2 is 2.12 bits per heavy atom. The predicted octanol–water partition coefficient (Wildman–Crippen LogP) is 1.18. The summed E-state index contributed by atoms with van der Waals surface area (Å²) < 4.78 is 0. The standard InChI is InChI=1S/C12H23N3O/c1-13-7-8-15-9-11(14-12(15)16)10-5-3-2-4-6-10/h10-11,13H,2-9H2,1H3,(H,14,16). The van der Waals surface area contributed by atoms with E-state index in [-0.39, 0.29) is 6.03 Å². The monoisotopic (exact) mass is 225 g/mol. The fourth-order valence-corrected chi connectivity index (χ4v) is 2.86. The fraction of sp³-hybridized carbons (Fsp3) is 0.917. The topological polar surface area (TPSA) is 44.4 Å². The van der Waals surface area contributed by atoms with Gasteiger partial charge in [0.15, 0.2) is 0 Å². The first-order valence-corrected chi connectivity index (χ1v) is 6.51. The van der Waals surface area contributed by atoms with Crippen LogP contribution in [0.25, 0.3) is 0 Å². The van der Waals surface area contributed by atoms with E-state index >= 15 is 0 Å². The molecule has 2 rings (SSSR count). The average Bonchev–Trinajstić information content (AvgIpc) is 2.69. The molecule has 16 heavy (non-hydrogen) atoms. The zero-order chi connectivity index (χ0) is 11.4. The quantitative estimate of drug-likeness (QED) is 0.754. The van der Waals surface area contributed by atoms with E-state index in [1.165, 1.54) is 32.1 Å². The molecule has 0 aromatic heterocycles. The first-order chi connectivity index (χ1) is 7.81. The molecule has 1 saturated heterocycles. The second-order valence-corrected chi connectivity index (χ2v) is 5.00. The van der Waals surface area contributed by atoms with Gasteiger partial charge in [-0.25, -0.2) is 4.79 Å². The van der Waals surface area contributed by atoms with Crippen LogP contribution in [0.1, 0.15) is 32.1 Å². The number of likely N-dealkylation sites (N-methyl/N-ethyl adjacent to an activating group) is 1. The summed E-state index contributed by atoms with van der Waals surface area (Å²) in [5, 5.41) is 6.23. The van der Waals surface area contributed by atoms with Crippen LogP contribution in [0.3, 0.4) is 0 Å². The maximum absolute atomic E-state index is 11.7. The first kappa shape index (κ1) is 11.7. The number of nitrogens with one attached hydrogen (secondary N) is 2. The van der Waals surface area contributed by atoms with Crippen molar-refractivity contribution in [2.24, 2.45) is 5.92 Å². The molecule has 1 aliphatic carbocycles. The minimum Gasteiger partial charge on any atom is -0.333 e. The number of amides is 2. The Morgan fingerprint density at radius 3 is 2.81 bits per heavy atom. The molecular formula is C12H23N3O. The van der Waals surface area contributed by atoms with Gasteiger partial charge in [0.05, 0.1) is 6.04 Å². The van der Waals surface area contributed by atoms with Gasteiger partial charge in [-0.1, -0.05) is 19.3 Å². The molecule has 2 amide bonds. The molecule has 2 aliphatic rings. The van der Waals surface area contributed by atoms with Crippen molar-refractivity contribution in [3.63, 3.8) is 0 Å². The van der Waals surface area contributed by atoms with Crippen molar-refractivity contribution in [1.82, 2.24) is 15.5 Å². The number of hydrogen-bond donors (Lipinski definition) is 2. The van der Waals surface area contributed by atoms with E-state index in [4.69, 9.17) is 0 Å². The Labute approximate surface area is 97.8 Å². The number of rotatable bonds is 4. The average molecular weight is 225 g/mol. The molecule has 0 spiro atoms. The third-order valence-corrected chi connectivity index (χ3v) is 3.86. The highest BCUT2D eigenvalue weighted by molar-refractivity contribution is 5.76. The van der Waals surface area contributed by atoms with Crippen LogP contribution in [0.5, 0.6) is 0 Å². The number of nitrogens with zero attached hydrogens (tertiary/aromatic N) is 1. The van der Waals surface area contributed by atoms with Gasteiger partial charge in [0.2, 0.25) is 0 Å². The summed E-state index contributed by atoms with van der Waals surface area (Å²) in [4.78, 5) is 13.7. The summed E-state index contributed by atoms with van der Waals surface area (Å²) in [6.45, 7) is 2.61. The minimum atomic E-state index is 0.130. The molecule has 0 radical (unpaired) electrons. The van der Waals surface area contributed by atoms with Crippen molar-refractivity contribution < 1.29 is 4.79 Å². The fourth-order valence-electron chi connectivity index (χ4n) is 2.86. The van der Waals surface area contributed by atoms with Crippen LogP contribution in [-0.4, -0.2) is 43.7 Å². The van der Waals surface area contributed by atoms with Gasteiger partial charge in [0.1, 0.15) is 0 Å². The van der Waals surface area contributed by atoms with Crippen LogP contribution in [0.15, 0.2) is 0 Å². The highest BCUT2D eigenvalue weighted by Gasteiger charge is 2.33. The minimum absolute atomic E-state index is 0.130. The number of carbonyl (C=O) groups is 1. The molecule has 2 fully saturated rings. The molecule has 0 aromatic carbocycles. The second kappa shape index (κ2) is 5.53. The van der Waals surface area contributed by atoms with Crippen LogP contribution in [0.4, 0.5) is 4.79 Å². The lowest BCUT2D eigenvalue weighted by atomic mass is 9.84. The second-order valence-electron chi connectivity index (χ2n) is 5.00. The zero-order valence-electron chi connectivity index (χ0n) is 10.2. The lowest BCUT2D eigenvalue weighted by molar-refractivity contribution is 0.217. The van der Waals surface area contributed by atoms with E-state index in [2.05, 4.69) is 10.6 Å². The van der Waals surface area contributed by atoms with Crippen LogP contribution < -0.4 is 10.6 Å². The first-order valence-electron chi connectivity index (χ1n) is 6.51. The Balaban J connectivity index is 1.82. The number of carbonyl (C=O) groups excluding carboxylic acids is 1. The molecule has 1 unspecified atom stereocenters. The van der Waals surface area contributed by atoms with Gasteiger partial charge in [-0.3, -0.25) is 0 Å². The van der Waals surface area contributed by atoms with Crippen LogP contribution in [0, 0.1) is 5.92 Å². The summed E-state index contributed by atoms with van der Waals surface area (Å²) in [6.07, 6.45) is 6.65. The van der Waals surface area contributed by atoms with Crippen molar-refractivity contribution in [2.75, 3.05) is 26.7 Å². The third-order valence-electron chi connectivity index (χ3n) is 3.86. The molecule has 2 N–H and O–H groups in total. The Hall–Kier alpha value is -0.770. The molecule has 1 atom stereocenters. The van der Waals surface area contributed by atoms with Gasteiger partial charge in [0.25, 0.3) is 0 Å². The van der Waals surface area contributed by atoms with Gasteiger partial charge in [-0.15, -0.1) is 0 Å². The predicted molar refractivity (Wildman–Crippen MR) is 64.4 cm³/mol. The molecule has 0 bridgehead atoms. The molecule has 1 saturated carbocycles. The molecule has 4 heteroatoms. The smallest absolute Gasteiger partial charge is 0.317 e. The van der Waals surface area contributed by atoms with Crippen molar-refractivity contribution in [1.29, 1.82) is 0 Å². The Kier molecular flexibility index (Phi) is 4.04. The van der Waals surface area contributed by atoms with E-state index in [0.717, 1.165) is 25.6 Å². The van der Waals surface area contributed by atoms with E-state index in [1.54, 1.807) is 0 Å². The molecule has 1 aliphatic heterocycles. The summed E-state index contributed by atoms with van der Waals surface area (Å²) in [5.41, 5.74) is 0. The van der Waals surface area contributed by atoms with Crippen molar-refractivity contribution >= 4 is 6.03 Å². The molecule has 4 nitrogen and oxygen atoms in total. The highest BCUT2D eigenvalue weighted by Crippen LogP contribution is 2.28. The van der Waals surface area contributed by atoms with Gasteiger partial charge in [0, 0.05) is 19.6 Å². The normalized spacial score (nSPS) is 27.2. The maximum Gasteiger partial charge on any atom is 0.317 e. The van der Waals surface area contributed by atoms with Gasteiger partial charge < -0.3 is 15.5 Å². The number of urea groups is 1. The Bertz CT molecular complexity index is 238. The maximum atomic E-state index is 11.7. The van der Waals surface area contributed by atoms with Gasteiger partial charge in [-0.05, 0) is 25.8 Å². The van der Waals surface area contributed by atoms with E-state index < -0.39 is 0 Å². The van der Waals surface area contributed by atoms with Crippen molar-refractivity contribution in [3.8, 4) is 0 Å². The van der Waals surface area contributed by atoms with Crippen LogP contribution in [0.2, 0.25) is 0 Å². The van der Waals surface area contributed by atoms with Gasteiger partial charge in [-0.2, -0.15) is 0 Å². The summed E-state index contributed by atoms with van der Waals surface area (Å²) in [5.74, 6) is 0.720. The van der Waals surface area contributed by atoms with Crippen LogP contribution in [-0.2, 0) is 0 Å². The zero-order valence-corrected chi connectivity index (χ0v) is 10.2. The summed E-state index contributed by atoms with van der Waals surface area (Å²) >= 11 is 0. The Morgan fingerprint density at radius 1 is 1.38 bits per heavy atom. The van der Waals surface area contributed by atoms with Crippen molar-refractivity contribution in [2.45, 2.75) is 38.1 Å². The molecule has 0 aromatic rings. The van der Waals surface area contributed by atoms with E-state index in [1.807, 2.05) is 11.9 Å². The van der Waals surface area contributed by atoms with Gasteiger partial charge >= 0.3 is 6.03 Å². The third kappa shape index (κ3) is 2.67. The SMILES string of the molecule is CNCCN1CC(C2CCCCC2)NC1=O. The molecule has 92 valence electrons. The summed E-state index contributed by atoms with van der Waals surface area (Å²) in [7, 11) is 1.92. The lowest BCUT2D eigenvalue weighted by Crippen LogP contribution is -2.35. The molecule has 1 heterocycles. The lowest BCUT2D eigenvalue weighted by Gasteiger charge is -2.26. The highest BCUT2D eigenvalue weighted by atomic mass is 16.2. The summed E-state index contributed by atoms with van der Waals surface area (Å²) in [6, 6.07) is 0.537. The van der Waals surface area contributed by atoms with Crippen molar-refractivity contribution in [3.05, 3.63) is 0 Å². The molecular weight excluding hydrogens is 202 g/mol. The largest absolute Gasteiger partial charge is 0.333 e. The van der Waals surface area contributed by atoms with E-state index in [9.17, 15) is 4.79 Å². The number of hydrogen-bond acceptors (Lipinski definition) is 2. The van der Waals surface area contributed by atoms with Crippen LogP contribution >= 0.6 is 0 Å².